The number of carbonyl (C=O) groups excluding carboxylic acids is 2. The number of para-hydroxylation sites is 1. The molecule has 1 unspecified atom stereocenters. The lowest BCUT2D eigenvalue weighted by molar-refractivity contribution is -0.139. The van der Waals surface area contributed by atoms with Crippen LogP contribution >= 0.6 is 11.6 Å². The summed E-state index contributed by atoms with van der Waals surface area (Å²) in [6.07, 6.45) is 5.00. The van der Waals surface area contributed by atoms with Crippen LogP contribution < -0.4 is 9.62 Å². The Morgan fingerprint density at radius 2 is 1.57 bits per heavy atom. The zero-order valence-corrected chi connectivity index (χ0v) is 23.9. The normalized spacial score (nSPS) is 14.8. The molecule has 0 heterocycles. The Hall–Kier alpha value is -3.43. The summed E-state index contributed by atoms with van der Waals surface area (Å²) in [5.41, 5.74) is 1.01. The smallest absolute Gasteiger partial charge is 0.264 e. The van der Waals surface area contributed by atoms with Crippen LogP contribution in [0.5, 0.6) is 0 Å². The second-order valence-corrected chi connectivity index (χ2v) is 12.3. The fourth-order valence-corrected chi connectivity index (χ4v) is 6.33. The highest BCUT2D eigenvalue weighted by atomic mass is 35.5. The Morgan fingerprint density at radius 3 is 2.20 bits per heavy atom. The number of benzene rings is 3. The first-order valence-electron chi connectivity index (χ1n) is 13.3. The van der Waals surface area contributed by atoms with Crippen LogP contribution in [0, 0.1) is 5.82 Å². The first-order valence-corrected chi connectivity index (χ1v) is 15.1. The van der Waals surface area contributed by atoms with E-state index in [0.717, 1.165) is 66.2 Å². The molecule has 2 amide bonds. The van der Waals surface area contributed by atoms with Crippen LogP contribution in [0.4, 0.5) is 10.1 Å². The van der Waals surface area contributed by atoms with E-state index < -0.39 is 34.3 Å². The van der Waals surface area contributed by atoms with Crippen LogP contribution in [0.3, 0.4) is 0 Å². The molecule has 1 aliphatic rings. The summed E-state index contributed by atoms with van der Waals surface area (Å²) < 4.78 is 42.0. The minimum absolute atomic E-state index is 0.0517. The minimum atomic E-state index is -4.25. The maximum absolute atomic E-state index is 13.9. The SMILES string of the molecule is CC(C(=O)NC1CCCCC1)N(Cc1ccc(Cl)cc1)C(=O)CN(c1ccccc1)S(=O)(=O)c1ccc(F)cc1. The second kappa shape index (κ2) is 13.3. The third kappa shape index (κ3) is 7.40. The molecule has 1 atom stereocenters. The van der Waals surface area contributed by atoms with Crippen LogP contribution in [-0.2, 0) is 26.2 Å². The third-order valence-electron chi connectivity index (χ3n) is 7.11. The monoisotopic (exact) mass is 585 g/mol. The summed E-state index contributed by atoms with van der Waals surface area (Å²) in [6, 6.07) is 18.8. The molecule has 0 spiro atoms. The second-order valence-electron chi connectivity index (χ2n) is 9.97. The van der Waals surface area contributed by atoms with Gasteiger partial charge in [0, 0.05) is 17.6 Å². The van der Waals surface area contributed by atoms with E-state index in [9.17, 15) is 22.4 Å². The van der Waals surface area contributed by atoms with E-state index in [4.69, 9.17) is 11.6 Å². The fourth-order valence-electron chi connectivity index (χ4n) is 4.79. The Bertz CT molecular complexity index is 1400. The van der Waals surface area contributed by atoms with Gasteiger partial charge in [-0.1, -0.05) is 61.2 Å². The number of nitrogens with one attached hydrogen (secondary N) is 1. The fraction of sp³-hybridized carbons (Fsp3) is 0.333. The van der Waals surface area contributed by atoms with E-state index in [-0.39, 0.29) is 29.1 Å². The van der Waals surface area contributed by atoms with Crippen molar-refractivity contribution in [3.63, 3.8) is 0 Å². The van der Waals surface area contributed by atoms with Gasteiger partial charge in [-0.25, -0.2) is 12.8 Å². The standard InChI is InChI=1S/C30H33ClFN3O4S/c1-22(30(37)33-26-8-4-2-5-9-26)34(20-23-12-14-24(31)15-13-23)29(36)21-35(27-10-6-3-7-11-27)40(38,39)28-18-16-25(32)17-19-28/h3,6-7,10-19,22,26H,2,4-5,8-9,20-21H2,1H3,(H,33,37). The molecule has 7 nitrogen and oxygen atoms in total. The number of hydrogen-bond acceptors (Lipinski definition) is 4. The summed E-state index contributed by atoms with van der Waals surface area (Å²) in [6.45, 7) is 1.17. The predicted molar refractivity (Wildman–Crippen MR) is 154 cm³/mol. The highest BCUT2D eigenvalue weighted by Gasteiger charge is 2.33. The van der Waals surface area contributed by atoms with Crippen LogP contribution in [0.25, 0.3) is 0 Å². The molecule has 0 radical (unpaired) electrons. The number of rotatable bonds is 10. The van der Waals surface area contributed by atoms with E-state index >= 15 is 0 Å². The average molecular weight is 586 g/mol. The van der Waals surface area contributed by atoms with Gasteiger partial charge in [-0.15, -0.1) is 0 Å². The van der Waals surface area contributed by atoms with Crippen molar-refractivity contribution in [1.29, 1.82) is 0 Å². The van der Waals surface area contributed by atoms with Crippen LogP contribution in [0.1, 0.15) is 44.6 Å². The van der Waals surface area contributed by atoms with Crippen molar-refractivity contribution in [3.05, 3.63) is 95.3 Å². The molecule has 1 saturated carbocycles. The first-order chi connectivity index (χ1) is 19.1. The van der Waals surface area contributed by atoms with Gasteiger partial charge in [-0.05, 0) is 73.9 Å². The van der Waals surface area contributed by atoms with E-state index in [1.165, 1.54) is 4.90 Å². The molecule has 40 heavy (non-hydrogen) atoms. The molecule has 3 aromatic carbocycles. The lowest BCUT2D eigenvalue weighted by Crippen LogP contribution is -2.53. The van der Waals surface area contributed by atoms with Gasteiger partial charge >= 0.3 is 0 Å². The average Bonchev–Trinajstić information content (AvgIpc) is 2.96. The Labute approximate surface area is 240 Å². The number of sulfonamides is 1. The van der Waals surface area contributed by atoms with Gasteiger partial charge in [0.1, 0.15) is 18.4 Å². The number of carbonyl (C=O) groups is 2. The molecule has 1 N–H and O–H groups in total. The van der Waals surface area contributed by atoms with Crippen molar-refractivity contribution in [1.82, 2.24) is 10.2 Å². The van der Waals surface area contributed by atoms with E-state index in [2.05, 4.69) is 5.32 Å². The molecule has 4 rings (SSSR count). The zero-order chi connectivity index (χ0) is 28.7. The molecule has 0 bridgehead atoms. The van der Waals surface area contributed by atoms with Crippen molar-refractivity contribution < 1.29 is 22.4 Å². The number of amides is 2. The van der Waals surface area contributed by atoms with Crippen molar-refractivity contribution in [2.45, 2.75) is 62.6 Å². The molecular formula is C30H33ClFN3O4S. The molecule has 1 aliphatic carbocycles. The van der Waals surface area contributed by atoms with Crippen LogP contribution in [0.2, 0.25) is 5.02 Å². The van der Waals surface area contributed by atoms with Crippen molar-refractivity contribution >= 4 is 39.1 Å². The molecule has 0 aliphatic heterocycles. The Morgan fingerprint density at radius 1 is 0.950 bits per heavy atom. The van der Waals surface area contributed by atoms with Gasteiger partial charge in [0.2, 0.25) is 11.8 Å². The molecule has 0 saturated heterocycles. The topological polar surface area (TPSA) is 86.8 Å². The predicted octanol–water partition coefficient (Wildman–Crippen LogP) is 5.54. The maximum Gasteiger partial charge on any atom is 0.264 e. The number of halogens is 2. The summed E-state index contributed by atoms with van der Waals surface area (Å²) >= 11 is 6.05. The van der Waals surface area contributed by atoms with Gasteiger partial charge < -0.3 is 10.2 Å². The summed E-state index contributed by atoms with van der Waals surface area (Å²) in [4.78, 5) is 28.5. The molecule has 0 aromatic heterocycles. The third-order valence-corrected chi connectivity index (χ3v) is 9.15. The largest absolute Gasteiger partial charge is 0.352 e. The highest BCUT2D eigenvalue weighted by Crippen LogP contribution is 2.25. The quantitative estimate of drug-likeness (QED) is 0.338. The zero-order valence-electron chi connectivity index (χ0n) is 22.3. The van der Waals surface area contributed by atoms with Crippen molar-refractivity contribution in [2.75, 3.05) is 10.8 Å². The summed E-state index contributed by atoms with van der Waals surface area (Å²) in [7, 11) is -4.25. The highest BCUT2D eigenvalue weighted by molar-refractivity contribution is 7.92. The van der Waals surface area contributed by atoms with E-state index in [1.54, 1.807) is 61.5 Å². The van der Waals surface area contributed by atoms with Crippen molar-refractivity contribution in [3.8, 4) is 0 Å². The number of nitrogens with zero attached hydrogens (tertiary/aromatic N) is 2. The Kier molecular flexibility index (Phi) is 9.81. The molecule has 10 heteroatoms. The van der Waals surface area contributed by atoms with Crippen LogP contribution in [0.15, 0.2) is 83.8 Å². The summed E-state index contributed by atoms with van der Waals surface area (Å²) in [5.74, 6) is -1.43. The maximum atomic E-state index is 13.9. The lowest BCUT2D eigenvalue weighted by Gasteiger charge is -2.33. The van der Waals surface area contributed by atoms with Gasteiger partial charge in [0.15, 0.2) is 0 Å². The Balaban J connectivity index is 1.65. The lowest BCUT2D eigenvalue weighted by atomic mass is 9.95. The molecule has 212 valence electrons. The van der Waals surface area contributed by atoms with Gasteiger partial charge in [0.05, 0.1) is 10.6 Å². The van der Waals surface area contributed by atoms with Gasteiger partial charge in [0.25, 0.3) is 10.0 Å². The number of hydrogen-bond donors (Lipinski definition) is 1. The number of anilines is 1. The molecule has 3 aromatic rings. The molecule has 1 fully saturated rings. The van der Waals surface area contributed by atoms with Gasteiger partial charge in [-0.3, -0.25) is 13.9 Å². The van der Waals surface area contributed by atoms with E-state index in [0.29, 0.717) is 5.02 Å². The minimum Gasteiger partial charge on any atom is -0.352 e. The van der Waals surface area contributed by atoms with Crippen LogP contribution in [-0.4, -0.2) is 43.8 Å². The van der Waals surface area contributed by atoms with E-state index in [1.807, 2.05) is 0 Å². The summed E-state index contributed by atoms with van der Waals surface area (Å²) in [5, 5.41) is 3.61. The van der Waals surface area contributed by atoms with Gasteiger partial charge in [-0.2, -0.15) is 0 Å². The van der Waals surface area contributed by atoms with Crippen molar-refractivity contribution in [2.24, 2.45) is 0 Å². The first kappa shape index (κ1) is 29.6. The molecular weight excluding hydrogens is 553 g/mol.